The van der Waals surface area contributed by atoms with Crippen LogP contribution in [0.2, 0.25) is 0 Å². The maximum atomic E-state index is 8.61. The largest absolute Gasteiger partial charge is 0.493 e. The Kier molecular flexibility index (Phi) is 6.29. The predicted octanol–water partition coefficient (Wildman–Crippen LogP) is 4.03. The van der Waals surface area contributed by atoms with Crippen molar-refractivity contribution in [1.82, 2.24) is 0 Å². The Hall–Kier alpha value is -2.21. The summed E-state index contributed by atoms with van der Waals surface area (Å²) in [5.74, 6) is 1.97. The minimum atomic E-state index is 0.372. The van der Waals surface area contributed by atoms with Gasteiger partial charge in [-0.15, -0.1) is 0 Å². The molecule has 2 aromatic rings. The van der Waals surface area contributed by atoms with Gasteiger partial charge in [0.15, 0.2) is 11.5 Å². The summed E-state index contributed by atoms with van der Waals surface area (Å²) in [7, 11) is 1.55. The molecule has 0 radical (unpaired) electrons. The van der Waals surface area contributed by atoms with E-state index in [2.05, 4.69) is 21.1 Å². The van der Waals surface area contributed by atoms with Crippen LogP contribution in [0.4, 0.5) is 0 Å². The van der Waals surface area contributed by atoms with Gasteiger partial charge < -0.3 is 19.4 Å². The summed E-state index contributed by atoms with van der Waals surface area (Å²) in [6.45, 7) is 2.79. The molecule has 0 amide bonds. The van der Waals surface area contributed by atoms with Crippen molar-refractivity contribution in [1.29, 1.82) is 0 Å². The van der Waals surface area contributed by atoms with Crippen molar-refractivity contribution in [3.63, 3.8) is 0 Å². The molecule has 23 heavy (non-hydrogen) atoms. The highest BCUT2D eigenvalue weighted by Crippen LogP contribution is 2.36. The number of aryl methyl sites for hydroxylation is 1. The quantitative estimate of drug-likeness (QED) is 0.341. The lowest BCUT2D eigenvalue weighted by Gasteiger charge is -2.14. The van der Waals surface area contributed by atoms with Crippen molar-refractivity contribution in [2.75, 3.05) is 20.3 Å². The van der Waals surface area contributed by atoms with Gasteiger partial charge >= 0.3 is 0 Å². The van der Waals surface area contributed by atoms with E-state index in [1.54, 1.807) is 19.2 Å². The number of nitrogens with zero attached hydrogens (tertiary/aromatic N) is 1. The number of ether oxygens (including phenoxy) is 3. The van der Waals surface area contributed by atoms with Crippen LogP contribution in [-0.2, 0) is 0 Å². The van der Waals surface area contributed by atoms with Gasteiger partial charge in [0, 0.05) is 5.56 Å². The second-order valence-corrected chi connectivity index (χ2v) is 5.60. The van der Waals surface area contributed by atoms with Crippen LogP contribution in [0, 0.1) is 6.92 Å². The summed E-state index contributed by atoms with van der Waals surface area (Å²) in [5.41, 5.74) is 1.78. The molecular formula is C17H18BrNO4. The van der Waals surface area contributed by atoms with E-state index in [4.69, 9.17) is 19.4 Å². The smallest absolute Gasteiger partial charge is 0.175 e. The molecule has 6 heteroatoms. The van der Waals surface area contributed by atoms with Crippen LogP contribution in [0.3, 0.4) is 0 Å². The van der Waals surface area contributed by atoms with Gasteiger partial charge in [-0.25, -0.2) is 0 Å². The SMILES string of the molecule is COc1cc(C=NO)cc(Br)c1OCCOc1ccccc1C. The Labute approximate surface area is 143 Å². The highest BCUT2D eigenvalue weighted by atomic mass is 79.9. The van der Waals surface area contributed by atoms with Gasteiger partial charge in [0.1, 0.15) is 19.0 Å². The fraction of sp³-hybridized carbons (Fsp3) is 0.235. The van der Waals surface area contributed by atoms with E-state index in [0.717, 1.165) is 11.3 Å². The number of oxime groups is 1. The number of halogens is 1. The Morgan fingerprint density at radius 2 is 1.87 bits per heavy atom. The van der Waals surface area contributed by atoms with Crippen LogP contribution < -0.4 is 14.2 Å². The van der Waals surface area contributed by atoms with Crippen LogP contribution in [-0.4, -0.2) is 31.7 Å². The van der Waals surface area contributed by atoms with E-state index in [9.17, 15) is 0 Å². The third-order valence-electron chi connectivity index (χ3n) is 3.14. The fourth-order valence-corrected chi connectivity index (χ4v) is 2.61. The van der Waals surface area contributed by atoms with Gasteiger partial charge in [-0.05, 0) is 46.6 Å². The van der Waals surface area contributed by atoms with Gasteiger partial charge in [-0.2, -0.15) is 0 Å². The van der Waals surface area contributed by atoms with E-state index in [-0.39, 0.29) is 0 Å². The van der Waals surface area contributed by atoms with Gasteiger partial charge in [0.2, 0.25) is 0 Å². The average molecular weight is 380 g/mol. The second kappa shape index (κ2) is 8.43. The lowest BCUT2D eigenvalue weighted by molar-refractivity contribution is 0.209. The third-order valence-corrected chi connectivity index (χ3v) is 3.73. The van der Waals surface area contributed by atoms with Gasteiger partial charge in [0.25, 0.3) is 0 Å². The number of methoxy groups -OCH3 is 1. The van der Waals surface area contributed by atoms with E-state index >= 15 is 0 Å². The molecule has 1 N–H and O–H groups in total. The number of hydrogen-bond acceptors (Lipinski definition) is 5. The average Bonchev–Trinajstić information content (AvgIpc) is 2.54. The molecule has 0 spiro atoms. The summed E-state index contributed by atoms with van der Waals surface area (Å²) in [5, 5.41) is 11.6. The highest BCUT2D eigenvalue weighted by Gasteiger charge is 2.11. The first kappa shape index (κ1) is 17.1. The molecule has 2 rings (SSSR count). The minimum Gasteiger partial charge on any atom is -0.493 e. The van der Waals surface area contributed by atoms with Gasteiger partial charge in [-0.3, -0.25) is 0 Å². The summed E-state index contributed by atoms with van der Waals surface area (Å²) >= 11 is 3.43. The molecule has 5 nitrogen and oxygen atoms in total. The van der Waals surface area contributed by atoms with Crippen LogP contribution in [0.1, 0.15) is 11.1 Å². The Bertz CT molecular complexity index is 688. The molecule has 0 saturated carbocycles. The van der Waals surface area contributed by atoms with Crippen molar-refractivity contribution < 1.29 is 19.4 Å². The van der Waals surface area contributed by atoms with Crippen LogP contribution in [0.15, 0.2) is 46.0 Å². The summed E-state index contributed by atoms with van der Waals surface area (Å²) in [6, 6.07) is 11.3. The monoisotopic (exact) mass is 379 g/mol. The summed E-state index contributed by atoms with van der Waals surface area (Å²) in [4.78, 5) is 0. The number of rotatable bonds is 7. The van der Waals surface area contributed by atoms with Crippen LogP contribution in [0.25, 0.3) is 0 Å². The van der Waals surface area contributed by atoms with Crippen molar-refractivity contribution >= 4 is 22.1 Å². The predicted molar refractivity (Wildman–Crippen MR) is 92.2 cm³/mol. The molecule has 122 valence electrons. The van der Waals surface area contributed by atoms with E-state index in [0.29, 0.717) is 34.7 Å². The van der Waals surface area contributed by atoms with E-state index in [1.165, 1.54) is 6.21 Å². The number of para-hydroxylation sites is 1. The van der Waals surface area contributed by atoms with Crippen LogP contribution >= 0.6 is 15.9 Å². The fourth-order valence-electron chi connectivity index (χ4n) is 2.03. The second-order valence-electron chi connectivity index (χ2n) is 4.74. The number of benzene rings is 2. The molecule has 0 aliphatic carbocycles. The third kappa shape index (κ3) is 4.63. The first-order chi connectivity index (χ1) is 11.2. The molecule has 0 atom stereocenters. The Balaban J connectivity index is 1.99. The molecule has 0 bridgehead atoms. The van der Waals surface area contributed by atoms with Crippen molar-refractivity contribution in [3.05, 3.63) is 52.0 Å². The molecule has 0 aliphatic rings. The number of hydrogen-bond donors (Lipinski definition) is 1. The summed E-state index contributed by atoms with van der Waals surface area (Å²) < 4.78 is 17.5. The highest BCUT2D eigenvalue weighted by molar-refractivity contribution is 9.10. The molecule has 0 fully saturated rings. The molecule has 0 unspecified atom stereocenters. The van der Waals surface area contributed by atoms with Crippen molar-refractivity contribution in [3.8, 4) is 17.2 Å². The molecule has 0 heterocycles. The van der Waals surface area contributed by atoms with Gasteiger partial charge in [-0.1, -0.05) is 23.4 Å². The normalized spacial score (nSPS) is 10.7. The minimum absolute atomic E-state index is 0.372. The van der Waals surface area contributed by atoms with Crippen molar-refractivity contribution in [2.45, 2.75) is 6.92 Å². The zero-order valence-corrected chi connectivity index (χ0v) is 14.5. The molecule has 2 aromatic carbocycles. The Morgan fingerprint density at radius 1 is 1.13 bits per heavy atom. The van der Waals surface area contributed by atoms with E-state index in [1.807, 2.05) is 31.2 Å². The first-order valence-electron chi connectivity index (χ1n) is 7.02. The van der Waals surface area contributed by atoms with Crippen LogP contribution in [0.5, 0.6) is 17.2 Å². The summed E-state index contributed by atoms with van der Waals surface area (Å²) in [6.07, 6.45) is 1.32. The van der Waals surface area contributed by atoms with Gasteiger partial charge in [0.05, 0.1) is 17.8 Å². The molecule has 0 saturated heterocycles. The molecule has 0 aromatic heterocycles. The lowest BCUT2D eigenvalue weighted by Crippen LogP contribution is -2.10. The first-order valence-corrected chi connectivity index (χ1v) is 7.81. The topological polar surface area (TPSA) is 60.3 Å². The lowest BCUT2D eigenvalue weighted by atomic mass is 10.2. The zero-order valence-electron chi connectivity index (χ0n) is 13.0. The maximum Gasteiger partial charge on any atom is 0.175 e. The molecular weight excluding hydrogens is 362 g/mol. The maximum absolute atomic E-state index is 8.61. The Morgan fingerprint density at radius 3 is 2.57 bits per heavy atom. The van der Waals surface area contributed by atoms with Crippen molar-refractivity contribution in [2.24, 2.45) is 5.16 Å². The standard InChI is InChI=1S/C17H18BrNO4/c1-12-5-3-4-6-15(12)22-7-8-23-17-14(18)9-13(11-19-20)10-16(17)21-2/h3-6,9-11,20H,7-8H2,1-2H3. The molecule has 0 aliphatic heterocycles. The van der Waals surface area contributed by atoms with E-state index < -0.39 is 0 Å². The zero-order chi connectivity index (χ0) is 16.7.